The summed E-state index contributed by atoms with van der Waals surface area (Å²) >= 11 is 11.9. The second-order valence-corrected chi connectivity index (χ2v) is 4.71. The molecule has 1 amide bonds. The lowest BCUT2D eigenvalue weighted by Gasteiger charge is -2.13. The Labute approximate surface area is 124 Å². The van der Waals surface area contributed by atoms with Gasteiger partial charge in [-0.2, -0.15) is 0 Å². The van der Waals surface area contributed by atoms with Crippen molar-refractivity contribution in [3.8, 4) is 11.5 Å². The maximum atomic E-state index is 13.6. The second kappa shape index (κ2) is 5.56. The summed E-state index contributed by atoms with van der Waals surface area (Å²) in [6.07, 6.45) is 0. The van der Waals surface area contributed by atoms with Crippen LogP contribution in [0.1, 0.15) is 10.4 Å². The van der Waals surface area contributed by atoms with Crippen molar-refractivity contribution in [2.24, 2.45) is 5.73 Å². The molecule has 0 atom stereocenters. The average Bonchev–Trinajstić information content (AvgIpc) is 2.33. The molecule has 0 aliphatic heterocycles. The standard InChI is InChI=1S/C13H9Cl2FN2O2/c14-7-4-6(17)5-8(15)12(7)20-10-3-1-2-9(16)11(10)13(18)19/h1-5H,17H2,(H2,18,19). The lowest BCUT2D eigenvalue weighted by molar-refractivity contribution is 0.0994. The number of primary amides is 1. The topological polar surface area (TPSA) is 78.3 Å². The molecule has 104 valence electrons. The Morgan fingerprint density at radius 2 is 1.80 bits per heavy atom. The fourth-order valence-electron chi connectivity index (χ4n) is 1.62. The van der Waals surface area contributed by atoms with Gasteiger partial charge in [0.25, 0.3) is 5.91 Å². The Morgan fingerprint density at radius 1 is 1.20 bits per heavy atom. The van der Waals surface area contributed by atoms with Crippen LogP contribution in [0.25, 0.3) is 0 Å². The van der Waals surface area contributed by atoms with Crippen LogP contribution >= 0.6 is 23.2 Å². The number of nitrogens with two attached hydrogens (primary N) is 2. The van der Waals surface area contributed by atoms with E-state index in [1.165, 1.54) is 24.3 Å². The molecule has 0 radical (unpaired) electrons. The van der Waals surface area contributed by atoms with Crippen molar-refractivity contribution in [1.29, 1.82) is 0 Å². The molecule has 20 heavy (non-hydrogen) atoms. The van der Waals surface area contributed by atoms with Crippen molar-refractivity contribution >= 4 is 34.8 Å². The maximum absolute atomic E-state index is 13.6. The van der Waals surface area contributed by atoms with Gasteiger partial charge in [-0.3, -0.25) is 4.79 Å². The number of nitrogen functional groups attached to an aromatic ring is 1. The Bertz CT molecular complexity index is 669. The zero-order chi connectivity index (χ0) is 14.9. The molecule has 0 aliphatic carbocycles. The summed E-state index contributed by atoms with van der Waals surface area (Å²) in [6, 6.07) is 6.69. The zero-order valence-corrected chi connectivity index (χ0v) is 11.5. The van der Waals surface area contributed by atoms with E-state index in [4.69, 9.17) is 39.4 Å². The quantitative estimate of drug-likeness (QED) is 0.849. The van der Waals surface area contributed by atoms with Crippen LogP contribution < -0.4 is 16.2 Å². The van der Waals surface area contributed by atoms with Crippen LogP contribution in [-0.4, -0.2) is 5.91 Å². The van der Waals surface area contributed by atoms with Gasteiger partial charge in [0.1, 0.15) is 17.1 Å². The van der Waals surface area contributed by atoms with Gasteiger partial charge >= 0.3 is 0 Å². The highest BCUT2D eigenvalue weighted by Crippen LogP contribution is 2.39. The SMILES string of the molecule is NC(=O)c1c(F)cccc1Oc1c(Cl)cc(N)cc1Cl. The third-order valence-electron chi connectivity index (χ3n) is 2.45. The lowest BCUT2D eigenvalue weighted by Crippen LogP contribution is -2.14. The summed E-state index contributed by atoms with van der Waals surface area (Å²) in [6.45, 7) is 0. The number of ether oxygens (including phenoxy) is 1. The minimum Gasteiger partial charge on any atom is -0.453 e. The number of halogens is 3. The predicted octanol–water partition coefficient (Wildman–Crippen LogP) is 3.61. The molecule has 4 N–H and O–H groups in total. The van der Waals surface area contributed by atoms with E-state index >= 15 is 0 Å². The minimum atomic E-state index is -0.958. The number of carbonyl (C=O) groups is 1. The average molecular weight is 315 g/mol. The molecular weight excluding hydrogens is 306 g/mol. The summed E-state index contributed by atoms with van der Waals surface area (Å²) in [7, 11) is 0. The highest BCUT2D eigenvalue weighted by Gasteiger charge is 2.18. The molecule has 2 aromatic carbocycles. The Kier molecular flexibility index (Phi) is 4.01. The van der Waals surface area contributed by atoms with Gasteiger partial charge in [0.2, 0.25) is 0 Å². The van der Waals surface area contributed by atoms with E-state index in [0.29, 0.717) is 5.69 Å². The number of benzene rings is 2. The first-order valence-electron chi connectivity index (χ1n) is 5.41. The van der Waals surface area contributed by atoms with Gasteiger partial charge in [-0.1, -0.05) is 29.3 Å². The molecule has 0 saturated carbocycles. The van der Waals surface area contributed by atoms with Crippen LogP contribution in [-0.2, 0) is 0 Å². The summed E-state index contributed by atoms with van der Waals surface area (Å²) in [5.74, 6) is -1.76. The Balaban J connectivity index is 2.51. The molecule has 0 heterocycles. The molecule has 0 spiro atoms. The molecule has 2 aromatic rings. The van der Waals surface area contributed by atoms with Gasteiger partial charge in [0.05, 0.1) is 10.0 Å². The van der Waals surface area contributed by atoms with Crippen molar-refractivity contribution in [2.75, 3.05) is 5.73 Å². The van der Waals surface area contributed by atoms with Gasteiger partial charge in [-0.15, -0.1) is 0 Å². The minimum absolute atomic E-state index is 0.0654. The maximum Gasteiger partial charge on any atom is 0.255 e. The van der Waals surface area contributed by atoms with Gasteiger partial charge in [-0.25, -0.2) is 4.39 Å². The van der Waals surface area contributed by atoms with Gasteiger partial charge in [0, 0.05) is 5.69 Å². The molecule has 0 unspecified atom stereocenters. The second-order valence-electron chi connectivity index (χ2n) is 3.89. The fourth-order valence-corrected chi connectivity index (χ4v) is 2.20. The molecule has 0 aliphatic rings. The first kappa shape index (κ1) is 14.4. The van der Waals surface area contributed by atoms with E-state index in [9.17, 15) is 9.18 Å². The van der Waals surface area contributed by atoms with Crippen LogP contribution in [0, 0.1) is 5.82 Å². The van der Waals surface area contributed by atoms with Crippen LogP contribution in [0.4, 0.5) is 10.1 Å². The number of amides is 1. The third-order valence-corrected chi connectivity index (χ3v) is 3.02. The third kappa shape index (κ3) is 2.79. The molecule has 0 aromatic heterocycles. The highest BCUT2D eigenvalue weighted by molar-refractivity contribution is 6.37. The van der Waals surface area contributed by atoms with Crippen LogP contribution in [0.15, 0.2) is 30.3 Å². The molecule has 0 fully saturated rings. The van der Waals surface area contributed by atoms with E-state index in [-0.39, 0.29) is 27.1 Å². The lowest BCUT2D eigenvalue weighted by atomic mass is 10.2. The number of anilines is 1. The fraction of sp³-hybridized carbons (Fsp3) is 0. The first-order valence-corrected chi connectivity index (χ1v) is 6.16. The van der Waals surface area contributed by atoms with Crippen LogP contribution in [0.5, 0.6) is 11.5 Å². The van der Waals surface area contributed by atoms with Crippen molar-refractivity contribution in [3.63, 3.8) is 0 Å². The zero-order valence-electron chi connectivity index (χ0n) is 9.99. The molecule has 0 saturated heterocycles. The monoisotopic (exact) mass is 314 g/mol. The summed E-state index contributed by atoms with van der Waals surface area (Å²) < 4.78 is 19.0. The molecule has 4 nitrogen and oxygen atoms in total. The summed E-state index contributed by atoms with van der Waals surface area (Å²) in [4.78, 5) is 11.3. The smallest absolute Gasteiger partial charge is 0.255 e. The Hall–Kier alpha value is -1.98. The van der Waals surface area contributed by atoms with Crippen LogP contribution in [0.2, 0.25) is 10.0 Å². The van der Waals surface area contributed by atoms with Crippen LogP contribution in [0.3, 0.4) is 0 Å². The number of carbonyl (C=O) groups excluding carboxylic acids is 1. The van der Waals surface area contributed by atoms with Gasteiger partial charge < -0.3 is 16.2 Å². The van der Waals surface area contributed by atoms with Crippen molar-refractivity contribution in [2.45, 2.75) is 0 Å². The normalized spacial score (nSPS) is 10.3. The molecular formula is C13H9Cl2FN2O2. The van der Waals surface area contributed by atoms with E-state index in [2.05, 4.69) is 0 Å². The van der Waals surface area contributed by atoms with Crippen molar-refractivity contribution in [3.05, 3.63) is 51.8 Å². The van der Waals surface area contributed by atoms with E-state index < -0.39 is 11.7 Å². The first-order chi connectivity index (χ1) is 9.40. The van der Waals surface area contributed by atoms with Gasteiger partial charge in [-0.05, 0) is 24.3 Å². The largest absolute Gasteiger partial charge is 0.453 e. The van der Waals surface area contributed by atoms with E-state index in [1.807, 2.05) is 0 Å². The summed E-state index contributed by atoms with van der Waals surface area (Å²) in [5, 5.41) is 0.268. The summed E-state index contributed by atoms with van der Waals surface area (Å²) in [5.41, 5.74) is 10.7. The molecule has 7 heteroatoms. The number of hydrogen-bond acceptors (Lipinski definition) is 3. The highest BCUT2D eigenvalue weighted by atomic mass is 35.5. The van der Waals surface area contributed by atoms with E-state index in [1.54, 1.807) is 0 Å². The molecule has 0 bridgehead atoms. The molecule has 2 rings (SSSR count). The van der Waals surface area contributed by atoms with Crippen molar-refractivity contribution in [1.82, 2.24) is 0 Å². The number of hydrogen-bond donors (Lipinski definition) is 2. The van der Waals surface area contributed by atoms with Gasteiger partial charge in [0.15, 0.2) is 5.75 Å². The van der Waals surface area contributed by atoms with Crippen molar-refractivity contribution < 1.29 is 13.9 Å². The predicted molar refractivity (Wildman–Crippen MR) is 75.9 cm³/mol. The van der Waals surface area contributed by atoms with E-state index in [0.717, 1.165) is 6.07 Å². The number of rotatable bonds is 3. The Morgan fingerprint density at radius 3 is 2.35 bits per heavy atom.